The van der Waals surface area contributed by atoms with Crippen molar-refractivity contribution in [2.45, 2.75) is 68.5 Å². The summed E-state index contributed by atoms with van der Waals surface area (Å²) in [5.74, 6) is 0.0523. The molecule has 8 rings (SSSR count). The van der Waals surface area contributed by atoms with Gasteiger partial charge in [-0.25, -0.2) is 4.79 Å². The number of aliphatic hydroxyl groups is 1. The summed E-state index contributed by atoms with van der Waals surface area (Å²) in [4.78, 5) is 15.6. The van der Waals surface area contributed by atoms with Crippen molar-refractivity contribution in [2.24, 2.45) is 0 Å². The molecule has 0 aromatic heterocycles. The molecule has 0 spiro atoms. The van der Waals surface area contributed by atoms with Gasteiger partial charge in [0.05, 0.1) is 5.60 Å². The maximum atomic E-state index is 13.7. The molecule has 2 bridgehead atoms. The molecule has 4 nitrogen and oxygen atoms in total. The zero-order valence-corrected chi connectivity index (χ0v) is 22.1. The Labute approximate surface area is 229 Å². The van der Waals surface area contributed by atoms with E-state index in [1.54, 1.807) is 0 Å². The van der Waals surface area contributed by atoms with Gasteiger partial charge in [-0.1, -0.05) is 78.9 Å². The van der Waals surface area contributed by atoms with Gasteiger partial charge in [0.1, 0.15) is 6.61 Å². The molecule has 4 heteroatoms. The van der Waals surface area contributed by atoms with Crippen LogP contribution < -0.4 is 0 Å². The Bertz CT molecular complexity index is 1550. The summed E-state index contributed by atoms with van der Waals surface area (Å²) < 4.78 is 6.10. The fourth-order valence-corrected chi connectivity index (χ4v) is 8.27. The summed E-state index contributed by atoms with van der Waals surface area (Å²) in [6, 6.07) is 27.8. The van der Waals surface area contributed by atoms with Crippen LogP contribution in [0.4, 0.5) is 4.79 Å². The molecule has 2 aliphatic carbocycles. The summed E-state index contributed by atoms with van der Waals surface area (Å²) in [5, 5.41) is 14.7. The zero-order chi connectivity index (χ0) is 26.1. The summed E-state index contributed by atoms with van der Waals surface area (Å²) in [6.07, 6.45) is 5.95. The zero-order valence-electron chi connectivity index (χ0n) is 22.1. The van der Waals surface area contributed by atoms with Gasteiger partial charge in [-0.05, 0) is 81.8 Å². The number of rotatable bonds is 3. The van der Waals surface area contributed by atoms with Crippen LogP contribution in [0.1, 0.15) is 65.8 Å². The predicted molar refractivity (Wildman–Crippen MR) is 153 cm³/mol. The molecule has 2 fully saturated rings. The van der Waals surface area contributed by atoms with Gasteiger partial charge < -0.3 is 14.7 Å². The first kappa shape index (κ1) is 23.3. The molecular weight excluding hydrogens is 482 g/mol. The molecule has 39 heavy (non-hydrogen) atoms. The van der Waals surface area contributed by atoms with Crippen LogP contribution in [0, 0.1) is 0 Å². The standard InChI is InChI=1S/C35H33NO3/c37-34(39-21-31-28-12-3-1-10-26(28)27-11-2-4-13-29(27)31)36-24-8-6-9-25(36)20-35(38,19-24)32-18-17-23-16-15-22-7-5-14-30(32)33(22)23/h1-5,7,10-14,17-18,24-25,31,38H,6,8-9,15-16,19-21H2. The van der Waals surface area contributed by atoms with E-state index in [1.165, 1.54) is 44.2 Å². The van der Waals surface area contributed by atoms with E-state index >= 15 is 0 Å². The first-order valence-electron chi connectivity index (χ1n) is 14.5. The van der Waals surface area contributed by atoms with Crippen molar-refractivity contribution in [3.8, 4) is 11.1 Å². The largest absolute Gasteiger partial charge is 0.448 e. The minimum atomic E-state index is -0.935. The van der Waals surface area contributed by atoms with Crippen LogP contribution in [0.25, 0.3) is 21.9 Å². The summed E-state index contributed by atoms with van der Waals surface area (Å²) in [6.45, 7) is 0.335. The highest BCUT2D eigenvalue weighted by atomic mass is 16.6. The maximum Gasteiger partial charge on any atom is 0.410 e. The van der Waals surface area contributed by atoms with E-state index in [4.69, 9.17) is 4.74 Å². The Balaban J connectivity index is 1.06. The fourth-order valence-electron chi connectivity index (χ4n) is 8.27. The van der Waals surface area contributed by atoms with E-state index in [-0.39, 0.29) is 24.1 Å². The Morgan fingerprint density at radius 1 is 0.821 bits per heavy atom. The Kier molecular flexibility index (Phi) is 5.19. The normalized spacial score (nSPS) is 25.0. The van der Waals surface area contributed by atoms with Crippen LogP contribution in [-0.2, 0) is 23.2 Å². The van der Waals surface area contributed by atoms with Crippen LogP contribution in [0.3, 0.4) is 0 Å². The van der Waals surface area contributed by atoms with Gasteiger partial charge >= 0.3 is 6.09 Å². The number of nitrogens with zero attached hydrogens (tertiary/aromatic N) is 1. The molecule has 0 saturated carbocycles. The number of aryl methyl sites for hydroxylation is 2. The quantitative estimate of drug-likeness (QED) is 0.317. The molecule has 2 atom stereocenters. The third-order valence-electron chi connectivity index (χ3n) is 9.93. The highest BCUT2D eigenvalue weighted by molar-refractivity contribution is 5.94. The van der Waals surface area contributed by atoms with Gasteiger partial charge in [-0.3, -0.25) is 0 Å². The fraction of sp³-hybridized carbons (Fsp3) is 0.343. The average molecular weight is 516 g/mol. The van der Waals surface area contributed by atoms with E-state index in [2.05, 4.69) is 78.9 Å². The molecule has 2 saturated heterocycles. The minimum absolute atomic E-state index is 0.0128. The summed E-state index contributed by atoms with van der Waals surface area (Å²) in [5.41, 5.74) is 7.81. The smallest absolute Gasteiger partial charge is 0.410 e. The Morgan fingerprint density at radius 2 is 1.46 bits per heavy atom. The van der Waals surface area contributed by atoms with E-state index < -0.39 is 5.60 Å². The average Bonchev–Trinajstić information content (AvgIpc) is 3.52. The molecule has 2 unspecified atom stereocenters. The van der Waals surface area contributed by atoms with Gasteiger partial charge in [-0.15, -0.1) is 0 Å². The number of amides is 1. The Morgan fingerprint density at radius 3 is 2.15 bits per heavy atom. The molecular formula is C35H33NO3. The second-order valence-corrected chi connectivity index (χ2v) is 12.0. The molecule has 1 N–H and O–H groups in total. The van der Waals surface area contributed by atoms with Gasteiger partial charge in [0.2, 0.25) is 0 Å². The number of carbonyl (C=O) groups is 1. The van der Waals surface area contributed by atoms with Gasteiger partial charge in [0.25, 0.3) is 0 Å². The van der Waals surface area contributed by atoms with E-state index in [0.717, 1.165) is 37.7 Å². The van der Waals surface area contributed by atoms with Crippen LogP contribution in [-0.4, -0.2) is 34.8 Å². The van der Waals surface area contributed by atoms with Crippen molar-refractivity contribution >= 4 is 16.9 Å². The first-order valence-corrected chi connectivity index (χ1v) is 14.5. The number of hydrogen-bond donors (Lipinski definition) is 1. The van der Waals surface area contributed by atoms with E-state index in [9.17, 15) is 9.90 Å². The second-order valence-electron chi connectivity index (χ2n) is 12.0. The predicted octanol–water partition coefficient (Wildman–Crippen LogP) is 7.09. The molecule has 4 aromatic rings. The van der Waals surface area contributed by atoms with E-state index in [0.29, 0.717) is 19.4 Å². The van der Waals surface area contributed by atoms with Crippen LogP contribution in [0.15, 0.2) is 78.9 Å². The van der Waals surface area contributed by atoms with Crippen molar-refractivity contribution < 1.29 is 14.6 Å². The summed E-state index contributed by atoms with van der Waals surface area (Å²) >= 11 is 0. The van der Waals surface area contributed by atoms with Crippen molar-refractivity contribution in [3.05, 3.63) is 107 Å². The van der Waals surface area contributed by atoms with Gasteiger partial charge in [0, 0.05) is 30.8 Å². The van der Waals surface area contributed by atoms with Crippen molar-refractivity contribution in [1.82, 2.24) is 4.90 Å². The van der Waals surface area contributed by atoms with Crippen LogP contribution in [0.2, 0.25) is 0 Å². The lowest BCUT2D eigenvalue weighted by Crippen LogP contribution is -2.59. The third-order valence-corrected chi connectivity index (χ3v) is 9.93. The monoisotopic (exact) mass is 515 g/mol. The number of carbonyl (C=O) groups excluding carboxylic acids is 1. The lowest BCUT2D eigenvalue weighted by Gasteiger charge is -2.51. The number of piperidine rings is 2. The third kappa shape index (κ3) is 3.50. The molecule has 2 heterocycles. The number of ether oxygens (including phenoxy) is 1. The van der Waals surface area contributed by atoms with Crippen LogP contribution in [0.5, 0.6) is 0 Å². The topological polar surface area (TPSA) is 49.8 Å². The van der Waals surface area contributed by atoms with Crippen LogP contribution >= 0.6 is 0 Å². The number of benzene rings is 4. The SMILES string of the molecule is O=C(OCC1c2ccccc2-c2ccccc21)N1C2CCCC1CC(O)(c1ccc3c4c(cccc14)CC3)C2. The molecule has 196 valence electrons. The van der Waals surface area contributed by atoms with Crippen molar-refractivity contribution in [2.75, 3.05) is 6.61 Å². The highest BCUT2D eigenvalue weighted by Crippen LogP contribution is 2.48. The maximum absolute atomic E-state index is 13.7. The highest BCUT2D eigenvalue weighted by Gasteiger charge is 2.49. The van der Waals surface area contributed by atoms with Crippen molar-refractivity contribution in [1.29, 1.82) is 0 Å². The first-order chi connectivity index (χ1) is 19.1. The molecule has 4 aliphatic rings. The summed E-state index contributed by atoms with van der Waals surface area (Å²) in [7, 11) is 0. The molecule has 2 aliphatic heterocycles. The Hall–Kier alpha value is -3.63. The second kappa shape index (κ2) is 8.69. The number of fused-ring (bicyclic) bond motifs is 5. The lowest BCUT2D eigenvalue weighted by atomic mass is 9.71. The van der Waals surface area contributed by atoms with E-state index in [1.807, 2.05) is 4.90 Å². The van der Waals surface area contributed by atoms with Crippen molar-refractivity contribution in [3.63, 3.8) is 0 Å². The molecule has 0 radical (unpaired) electrons. The minimum Gasteiger partial charge on any atom is -0.448 e. The number of hydrogen-bond acceptors (Lipinski definition) is 3. The molecule has 1 amide bonds. The molecule has 4 aromatic carbocycles. The van der Waals surface area contributed by atoms with Gasteiger partial charge in [-0.2, -0.15) is 0 Å². The lowest BCUT2D eigenvalue weighted by molar-refractivity contribution is -0.0883. The van der Waals surface area contributed by atoms with Gasteiger partial charge in [0.15, 0.2) is 0 Å².